The molecule has 1 N–H and O–H groups in total. The number of para-hydroxylation sites is 1. The van der Waals surface area contributed by atoms with Gasteiger partial charge in [-0.1, -0.05) is 78.9 Å². The lowest BCUT2D eigenvalue weighted by Gasteiger charge is -2.26. The summed E-state index contributed by atoms with van der Waals surface area (Å²) < 4.78 is 45.7. The SMILES string of the molecule is COCCOCOc1cccc(C(Oc2cccc3c2C(=O)NC3=O)C(=O)OC(c2ccccc2)c2ccccc2)c1OCOCCOC. The van der Waals surface area contributed by atoms with Crippen molar-refractivity contribution in [1.29, 1.82) is 0 Å². The molecule has 0 spiro atoms. The summed E-state index contributed by atoms with van der Waals surface area (Å²) in [5.41, 5.74) is 1.77. The summed E-state index contributed by atoms with van der Waals surface area (Å²) in [4.78, 5) is 39.8. The molecule has 2 amide bonds. The molecule has 49 heavy (non-hydrogen) atoms. The van der Waals surface area contributed by atoms with Gasteiger partial charge in [0.05, 0.1) is 37.6 Å². The predicted octanol–water partition coefficient (Wildman–Crippen LogP) is 5.02. The normalized spacial score (nSPS) is 12.7. The number of benzene rings is 4. The first kappa shape index (κ1) is 35.0. The molecule has 0 aromatic heterocycles. The minimum atomic E-state index is -1.52. The summed E-state index contributed by atoms with van der Waals surface area (Å²) in [7, 11) is 3.11. The summed E-state index contributed by atoms with van der Waals surface area (Å²) in [5, 5.41) is 2.27. The predicted molar refractivity (Wildman–Crippen MR) is 176 cm³/mol. The minimum absolute atomic E-state index is 0.00252. The second-order valence-corrected chi connectivity index (χ2v) is 10.6. The lowest BCUT2D eigenvalue weighted by molar-refractivity contribution is -0.156. The van der Waals surface area contributed by atoms with Crippen molar-refractivity contribution in [1.82, 2.24) is 5.32 Å². The van der Waals surface area contributed by atoms with Gasteiger partial charge in [-0.15, -0.1) is 0 Å². The molecule has 12 heteroatoms. The third-order valence-electron chi connectivity index (χ3n) is 7.36. The number of hydrogen-bond acceptors (Lipinski definition) is 11. The van der Waals surface area contributed by atoms with Gasteiger partial charge in [0.2, 0.25) is 6.10 Å². The van der Waals surface area contributed by atoms with E-state index in [1.165, 1.54) is 12.1 Å². The number of fused-ring (bicyclic) bond motifs is 1. The number of amides is 2. The Balaban J connectivity index is 1.56. The number of methoxy groups -OCH3 is 2. The summed E-state index contributed by atoms with van der Waals surface area (Å²) in [6.07, 6.45) is -2.33. The van der Waals surface area contributed by atoms with E-state index >= 15 is 0 Å². The molecule has 1 heterocycles. The van der Waals surface area contributed by atoms with E-state index in [2.05, 4.69) is 5.32 Å². The van der Waals surface area contributed by atoms with E-state index in [4.69, 9.17) is 37.9 Å². The van der Waals surface area contributed by atoms with E-state index in [-0.39, 0.29) is 60.7 Å². The molecule has 0 aliphatic carbocycles. The van der Waals surface area contributed by atoms with Crippen molar-refractivity contribution in [3.05, 3.63) is 125 Å². The highest BCUT2D eigenvalue weighted by atomic mass is 16.7. The zero-order chi connectivity index (χ0) is 34.4. The average molecular weight is 672 g/mol. The van der Waals surface area contributed by atoms with Gasteiger partial charge in [0, 0.05) is 19.8 Å². The number of rotatable bonds is 19. The lowest BCUT2D eigenvalue weighted by Crippen LogP contribution is -2.26. The number of imide groups is 1. The first-order valence-electron chi connectivity index (χ1n) is 15.5. The third-order valence-corrected chi connectivity index (χ3v) is 7.36. The van der Waals surface area contributed by atoms with Crippen molar-refractivity contribution in [2.24, 2.45) is 0 Å². The Morgan fingerprint density at radius 3 is 1.88 bits per heavy atom. The first-order valence-corrected chi connectivity index (χ1v) is 15.5. The van der Waals surface area contributed by atoms with Crippen LogP contribution in [0.3, 0.4) is 0 Å². The van der Waals surface area contributed by atoms with Gasteiger partial charge in [-0.3, -0.25) is 14.9 Å². The molecule has 0 bridgehead atoms. The number of carbonyl (C=O) groups is 3. The van der Waals surface area contributed by atoms with Gasteiger partial charge in [-0.25, -0.2) is 4.79 Å². The van der Waals surface area contributed by atoms with Crippen molar-refractivity contribution in [2.45, 2.75) is 12.2 Å². The Labute approximate surface area is 283 Å². The Morgan fingerprint density at radius 2 is 1.24 bits per heavy atom. The fourth-order valence-corrected chi connectivity index (χ4v) is 5.03. The second-order valence-electron chi connectivity index (χ2n) is 10.6. The Kier molecular flexibility index (Phi) is 12.7. The molecule has 12 nitrogen and oxygen atoms in total. The molecule has 4 aromatic rings. The molecule has 1 atom stereocenters. The van der Waals surface area contributed by atoms with E-state index in [0.29, 0.717) is 13.2 Å². The summed E-state index contributed by atoms with van der Waals surface area (Å²) in [6, 6.07) is 28.0. The largest absolute Gasteiger partial charge is 0.473 e. The number of esters is 1. The average Bonchev–Trinajstić information content (AvgIpc) is 3.43. The van der Waals surface area contributed by atoms with Crippen LogP contribution in [0, 0.1) is 0 Å². The number of ether oxygens (including phenoxy) is 8. The minimum Gasteiger partial charge on any atom is -0.473 e. The standard InChI is InChI=1S/C37H37NO11/c1-42-19-21-44-23-46-30-18-10-16-28(33(30)47-24-45-22-20-43-2)34(48-29-17-9-15-27-31(29)36(40)38-35(27)39)37(41)49-32(25-11-5-3-6-12-25)26-13-7-4-8-14-26/h3-18,32,34H,19-24H2,1-2H3,(H,38,39,40). The van der Waals surface area contributed by atoms with Gasteiger partial charge in [0.15, 0.2) is 31.2 Å². The molecular weight excluding hydrogens is 634 g/mol. The van der Waals surface area contributed by atoms with Crippen LogP contribution in [-0.2, 0) is 28.5 Å². The summed E-state index contributed by atoms with van der Waals surface area (Å²) in [5.74, 6) is -1.70. The molecule has 1 unspecified atom stereocenters. The third kappa shape index (κ3) is 9.00. The van der Waals surface area contributed by atoms with E-state index in [1.807, 2.05) is 60.7 Å². The first-order chi connectivity index (χ1) is 24.0. The van der Waals surface area contributed by atoms with Crippen LogP contribution in [0.1, 0.15) is 49.6 Å². The Hall–Kier alpha value is -5.27. The van der Waals surface area contributed by atoms with Crippen LogP contribution in [0.15, 0.2) is 97.1 Å². The molecule has 5 rings (SSSR count). The van der Waals surface area contributed by atoms with Crippen molar-refractivity contribution in [2.75, 3.05) is 54.2 Å². The van der Waals surface area contributed by atoms with E-state index in [0.717, 1.165) is 11.1 Å². The van der Waals surface area contributed by atoms with Crippen molar-refractivity contribution in [3.63, 3.8) is 0 Å². The highest BCUT2D eigenvalue weighted by molar-refractivity contribution is 6.22. The molecule has 1 aliphatic rings. The molecule has 0 fully saturated rings. The molecule has 0 saturated carbocycles. The Morgan fingerprint density at radius 1 is 0.653 bits per heavy atom. The van der Waals surface area contributed by atoms with Crippen LogP contribution < -0.4 is 19.5 Å². The van der Waals surface area contributed by atoms with Crippen LogP contribution >= 0.6 is 0 Å². The molecule has 1 aliphatic heterocycles. The zero-order valence-corrected chi connectivity index (χ0v) is 27.1. The van der Waals surface area contributed by atoms with Crippen LogP contribution in [-0.4, -0.2) is 72.0 Å². The molecule has 256 valence electrons. The van der Waals surface area contributed by atoms with Gasteiger partial charge in [-0.2, -0.15) is 0 Å². The second kappa shape index (κ2) is 17.8. The smallest absolute Gasteiger partial charge is 0.353 e. The van der Waals surface area contributed by atoms with E-state index < -0.39 is 30.0 Å². The van der Waals surface area contributed by atoms with Gasteiger partial charge in [0.1, 0.15) is 5.75 Å². The quantitative estimate of drug-likeness (QED) is 0.0623. The fourth-order valence-electron chi connectivity index (χ4n) is 5.03. The highest BCUT2D eigenvalue weighted by Crippen LogP contribution is 2.40. The highest BCUT2D eigenvalue weighted by Gasteiger charge is 2.36. The summed E-state index contributed by atoms with van der Waals surface area (Å²) >= 11 is 0. The van der Waals surface area contributed by atoms with Gasteiger partial charge < -0.3 is 37.9 Å². The fraction of sp³-hybridized carbons (Fsp3) is 0.270. The monoisotopic (exact) mass is 671 g/mol. The van der Waals surface area contributed by atoms with Crippen LogP contribution in [0.25, 0.3) is 0 Å². The van der Waals surface area contributed by atoms with Crippen molar-refractivity contribution < 1.29 is 52.3 Å². The Bertz CT molecular complexity index is 1660. The lowest BCUT2D eigenvalue weighted by atomic mass is 10.0. The topological polar surface area (TPSA) is 137 Å². The van der Waals surface area contributed by atoms with Crippen molar-refractivity contribution >= 4 is 17.8 Å². The molecular formula is C37H37NO11. The maximum Gasteiger partial charge on any atom is 0.353 e. The maximum absolute atomic E-state index is 14.5. The van der Waals surface area contributed by atoms with Crippen molar-refractivity contribution in [3.8, 4) is 17.2 Å². The van der Waals surface area contributed by atoms with Crippen LogP contribution in [0.4, 0.5) is 0 Å². The van der Waals surface area contributed by atoms with E-state index in [9.17, 15) is 14.4 Å². The van der Waals surface area contributed by atoms with Crippen LogP contribution in [0.5, 0.6) is 17.2 Å². The number of nitrogens with one attached hydrogen (secondary N) is 1. The van der Waals surface area contributed by atoms with E-state index in [1.54, 1.807) is 38.5 Å². The molecule has 4 aromatic carbocycles. The van der Waals surface area contributed by atoms with Gasteiger partial charge >= 0.3 is 5.97 Å². The molecule has 0 radical (unpaired) electrons. The van der Waals surface area contributed by atoms with Gasteiger partial charge in [-0.05, 0) is 29.3 Å². The number of carbonyl (C=O) groups excluding carboxylic acids is 3. The number of hydrogen-bond donors (Lipinski definition) is 1. The zero-order valence-electron chi connectivity index (χ0n) is 27.1. The van der Waals surface area contributed by atoms with Crippen LogP contribution in [0.2, 0.25) is 0 Å². The molecule has 0 saturated heterocycles. The maximum atomic E-state index is 14.5. The van der Waals surface area contributed by atoms with Gasteiger partial charge in [0.25, 0.3) is 11.8 Å². The summed E-state index contributed by atoms with van der Waals surface area (Å²) in [6.45, 7) is 0.847.